The molecule has 1 saturated heterocycles. The number of hydrogen-bond donors (Lipinski definition) is 1. The van der Waals surface area contributed by atoms with Crippen molar-refractivity contribution in [2.24, 2.45) is 17.6 Å². The molecule has 2 atom stereocenters. The molecule has 1 aliphatic heterocycles. The summed E-state index contributed by atoms with van der Waals surface area (Å²) < 4.78 is 0. The summed E-state index contributed by atoms with van der Waals surface area (Å²) in [5.41, 5.74) is 5.94. The van der Waals surface area contributed by atoms with Gasteiger partial charge in [0.1, 0.15) is 0 Å². The van der Waals surface area contributed by atoms with E-state index in [-0.39, 0.29) is 24.4 Å². The number of piperidine rings is 1. The Bertz CT molecular complexity index is 233. The molecule has 0 radical (unpaired) electrons. The summed E-state index contributed by atoms with van der Waals surface area (Å²) in [5, 5.41) is 0. The fourth-order valence-electron chi connectivity index (χ4n) is 2.44. The van der Waals surface area contributed by atoms with Gasteiger partial charge in [0.25, 0.3) is 0 Å². The Morgan fingerprint density at radius 1 is 1.47 bits per heavy atom. The van der Waals surface area contributed by atoms with Gasteiger partial charge in [-0.15, -0.1) is 12.4 Å². The van der Waals surface area contributed by atoms with E-state index in [4.69, 9.17) is 5.73 Å². The van der Waals surface area contributed by atoms with Crippen molar-refractivity contribution in [3.63, 3.8) is 0 Å². The van der Waals surface area contributed by atoms with Crippen LogP contribution in [0.4, 0.5) is 0 Å². The lowest BCUT2D eigenvalue weighted by Gasteiger charge is -2.34. The minimum atomic E-state index is -0.296. The van der Waals surface area contributed by atoms with Crippen LogP contribution >= 0.6 is 12.4 Å². The third kappa shape index (κ3) is 5.26. The van der Waals surface area contributed by atoms with Crippen molar-refractivity contribution in [2.75, 3.05) is 13.1 Å². The van der Waals surface area contributed by atoms with Crippen LogP contribution in [0.3, 0.4) is 0 Å². The molecule has 102 valence electrons. The SMILES string of the molecule is CCC1CCCN(C(=O)[C@@H](N)CC(C)C)C1.Cl. The van der Waals surface area contributed by atoms with Crippen LogP contribution in [0.15, 0.2) is 0 Å². The highest BCUT2D eigenvalue weighted by molar-refractivity contribution is 5.85. The van der Waals surface area contributed by atoms with Crippen molar-refractivity contribution in [1.29, 1.82) is 0 Å². The van der Waals surface area contributed by atoms with Gasteiger partial charge >= 0.3 is 0 Å². The molecule has 1 aliphatic rings. The van der Waals surface area contributed by atoms with E-state index in [1.807, 2.05) is 4.90 Å². The summed E-state index contributed by atoms with van der Waals surface area (Å²) in [5.74, 6) is 1.33. The number of likely N-dealkylation sites (tertiary alicyclic amines) is 1. The first-order valence-electron chi connectivity index (χ1n) is 6.59. The van der Waals surface area contributed by atoms with E-state index in [9.17, 15) is 4.79 Å². The van der Waals surface area contributed by atoms with E-state index in [1.165, 1.54) is 12.8 Å². The van der Waals surface area contributed by atoms with Crippen molar-refractivity contribution >= 4 is 18.3 Å². The molecule has 4 heteroatoms. The average molecular weight is 263 g/mol. The largest absolute Gasteiger partial charge is 0.341 e. The minimum Gasteiger partial charge on any atom is -0.341 e. The molecule has 17 heavy (non-hydrogen) atoms. The van der Waals surface area contributed by atoms with Gasteiger partial charge in [-0.25, -0.2) is 0 Å². The zero-order valence-electron chi connectivity index (χ0n) is 11.3. The number of carbonyl (C=O) groups excluding carboxylic acids is 1. The fraction of sp³-hybridized carbons (Fsp3) is 0.923. The Kier molecular flexibility index (Phi) is 7.80. The molecule has 0 aromatic rings. The highest BCUT2D eigenvalue weighted by Gasteiger charge is 2.26. The van der Waals surface area contributed by atoms with Gasteiger partial charge in [0.15, 0.2) is 0 Å². The maximum atomic E-state index is 12.1. The van der Waals surface area contributed by atoms with Gasteiger partial charge in [0, 0.05) is 13.1 Å². The molecule has 2 N–H and O–H groups in total. The molecular formula is C13H27ClN2O. The maximum absolute atomic E-state index is 12.1. The number of nitrogens with two attached hydrogens (primary N) is 1. The molecule has 1 rings (SSSR count). The molecule has 3 nitrogen and oxygen atoms in total. The van der Waals surface area contributed by atoms with Gasteiger partial charge < -0.3 is 10.6 Å². The van der Waals surface area contributed by atoms with Crippen molar-refractivity contribution in [1.82, 2.24) is 4.90 Å². The Morgan fingerprint density at radius 2 is 2.12 bits per heavy atom. The Morgan fingerprint density at radius 3 is 2.65 bits per heavy atom. The maximum Gasteiger partial charge on any atom is 0.239 e. The summed E-state index contributed by atoms with van der Waals surface area (Å²) >= 11 is 0. The molecule has 0 spiro atoms. The smallest absolute Gasteiger partial charge is 0.239 e. The Balaban J connectivity index is 0.00000256. The second-order valence-corrected chi connectivity index (χ2v) is 5.44. The van der Waals surface area contributed by atoms with Gasteiger partial charge in [-0.2, -0.15) is 0 Å². The van der Waals surface area contributed by atoms with E-state index in [0.717, 1.165) is 25.9 Å². The number of carbonyl (C=O) groups is 1. The highest BCUT2D eigenvalue weighted by Crippen LogP contribution is 2.20. The zero-order chi connectivity index (χ0) is 12.1. The fourth-order valence-corrected chi connectivity index (χ4v) is 2.44. The summed E-state index contributed by atoms with van der Waals surface area (Å²) in [7, 11) is 0. The number of amides is 1. The molecule has 0 aromatic heterocycles. The minimum absolute atomic E-state index is 0. The summed E-state index contributed by atoms with van der Waals surface area (Å²) in [6.45, 7) is 8.24. The lowest BCUT2D eigenvalue weighted by Crippen LogP contribution is -2.48. The standard InChI is InChI=1S/C13H26N2O.ClH/c1-4-11-6-5-7-15(9-11)13(16)12(14)8-10(2)3;/h10-12H,4-9,14H2,1-3H3;1H/t11?,12-;/m0./s1. The zero-order valence-corrected chi connectivity index (χ0v) is 12.1. The third-order valence-electron chi connectivity index (χ3n) is 3.45. The molecule has 0 aromatic carbocycles. The first-order valence-corrected chi connectivity index (χ1v) is 6.59. The predicted octanol–water partition coefficient (Wildman–Crippen LogP) is 2.43. The first-order chi connectivity index (χ1) is 7.54. The molecule has 1 fully saturated rings. The molecule has 1 unspecified atom stereocenters. The second-order valence-electron chi connectivity index (χ2n) is 5.44. The van der Waals surface area contributed by atoms with Crippen LogP contribution < -0.4 is 5.73 Å². The summed E-state index contributed by atoms with van der Waals surface area (Å²) in [6.07, 6.45) is 4.37. The summed E-state index contributed by atoms with van der Waals surface area (Å²) in [6, 6.07) is -0.296. The number of nitrogens with zero attached hydrogens (tertiary/aromatic N) is 1. The van der Waals surface area contributed by atoms with Crippen LogP contribution in [0.5, 0.6) is 0 Å². The lowest BCUT2D eigenvalue weighted by atomic mass is 9.94. The van der Waals surface area contributed by atoms with Gasteiger partial charge in [-0.3, -0.25) is 4.79 Å². The number of rotatable bonds is 4. The van der Waals surface area contributed by atoms with Crippen LogP contribution in [-0.2, 0) is 4.79 Å². The summed E-state index contributed by atoms with van der Waals surface area (Å²) in [4.78, 5) is 14.1. The third-order valence-corrected chi connectivity index (χ3v) is 3.45. The monoisotopic (exact) mass is 262 g/mol. The van der Waals surface area contributed by atoms with E-state index in [0.29, 0.717) is 11.8 Å². The van der Waals surface area contributed by atoms with Crippen LogP contribution in [0.25, 0.3) is 0 Å². The Labute approximate surface area is 112 Å². The highest BCUT2D eigenvalue weighted by atomic mass is 35.5. The van der Waals surface area contributed by atoms with E-state index in [2.05, 4.69) is 20.8 Å². The first kappa shape index (κ1) is 16.7. The van der Waals surface area contributed by atoms with Crippen LogP contribution in [0.2, 0.25) is 0 Å². The molecular weight excluding hydrogens is 236 g/mol. The van der Waals surface area contributed by atoms with E-state index >= 15 is 0 Å². The van der Waals surface area contributed by atoms with E-state index < -0.39 is 0 Å². The predicted molar refractivity (Wildman–Crippen MR) is 74.3 cm³/mol. The van der Waals surface area contributed by atoms with Crippen LogP contribution in [0.1, 0.15) is 46.5 Å². The number of hydrogen-bond acceptors (Lipinski definition) is 2. The van der Waals surface area contributed by atoms with Gasteiger partial charge in [-0.05, 0) is 31.1 Å². The molecule has 1 heterocycles. The van der Waals surface area contributed by atoms with Gasteiger partial charge in [0.05, 0.1) is 6.04 Å². The van der Waals surface area contributed by atoms with Gasteiger partial charge in [0.2, 0.25) is 5.91 Å². The average Bonchev–Trinajstić information content (AvgIpc) is 2.27. The quantitative estimate of drug-likeness (QED) is 0.846. The van der Waals surface area contributed by atoms with Crippen molar-refractivity contribution in [3.8, 4) is 0 Å². The lowest BCUT2D eigenvalue weighted by molar-refractivity contribution is -0.134. The van der Waals surface area contributed by atoms with E-state index in [1.54, 1.807) is 0 Å². The molecule has 0 aliphatic carbocycles. The molecule has 0 saturated carbocycles. The van der Waals surface area contributed by atoms with Gasteiger partial charge in [-0.1, -0.05) is 27.2 Å². The normalized spacial score (nSPS) is 22.2. The molecule has 0 bridgehead atoms. The van der Waals surface area contributed by atoms with Crippen molar-refractivity contribution in [2.45, 2.75) is 52.5 Å². The second kappa shape index (κ2) is 7.93. The van der Waals surface area contributed by atoms with Crippen molar-refractivity contribution in [3.05, 3.63) is 0 Å². The number of halogens is 1. The molecule has 1 amide bonds. The Hall–Kier alpha value is -0.280. The van der Waals surface area contributed by atoms with Crippen LogP contribution in [0, 0.1) is 11.8 Å². The topological polar surface area (TPSA) is 46.3 Å². The van der Waals surface area contributed by atoms with Crippen LogP contribution in [-0.4, -0.2) is 29.9 Å². The van der Waals surface area contributed by atoms with Crippen molar-refractivity contribution < 1.29 is 4.79 Å².